The Balaban J connectivity index is 0.00000486. The van der Waals surface area contributed by atoms with Gasteiger partial charge in [0.25, 0.3) is 0 Å². The van der Waals surface area contributed by atoms with Gasteiger partial charge in [-0.3, -0.25) is 19.6 Å². The summed E-state index contributed by atoms with van der Waals surface area (Å²) < 4.78 is 17.0. The molecule has 14 heteroatoms. The number of methoxy groups -OCH3 is 1. The summed E-state index contributed by atoms with van der Waals surface area (Å²) in [6.07, 6.45) is 0. The summed E-state index contributed by atoms with van der Waals surface area (Å²) in [6.45, 7) is 6.72. The molecule has 0 aliphatic carbocycles. The van der Waals surface area contributed by atoms with Crippen LogP contribution in [0, 0.1) is 11.3 Å². The Morgan fingerprint density at radius 2 is 1.52 bits per heavy atom. The average Bonchev–Trinajstić information content (AvgIpc) is 3.53. The van der Waals surface area contributed by atoms with Crippen molar-refractivity contribution in [2.75, 3.05) is 72.7 Å². The number of carbonyl (C=O) groups is 2. The van der Waals surface area contributed by atoms with Gasteiger partial charge in [-0.05, 0) is 48.4 Å². The molecule has 50 heavy (non-hydrogen) atoms. The van der Waals surface area contributed by atoms with Gasteiger partial charge in [-0.15, -0.1) is 12.4 Å². The molecule has 3 aromatic rings. The maximum absolute atomic E-state index is 14.9. The number of rotatable bonds is 8. The van der Waals surface area contributed by atoms with Crippen LogP contribution in [-0.4, -0.2) is 110 Å². The third kappa shape index (κ3) is 7.96. The summed E-state index contributed by atoms with van der Waals surface area (Å²) in [6, 6.07) is 19.0. The Bertz CT molecular complexity index is 1740. The van der Waals surface area contributed by atoms with Gasteiger partial charge in [0, 0.05) is 55.4 Å². The lowest BCUT2D eigenvalue weighted by Gasteiger charge is -2.39. The molecule has 2 atom stereocenters. The number of amidine groups is 1. The molecule has 264 valence electrons. The number of nitrogens with zero attached hydrogens (tertiary/aromatic N) is 6. The fourth-order valence-corrected chi connectivity index (χ4v) is 6.73. The fourth-order valence-electron chi connectivity index (χ4n) is 6.48. The van der Waals surface area contributed by atoms with Crippen molar-refractivity contribution >= 4 is 53.4 Å². The number of hydrogen-bond donors (Lipinski definition) is 0. The minimum Gasteiger partial charge on any atom is -0.495 e. The summed E-state index contributed by atoms with van der Waals surface area (Å²) in [5.41, 5.74) is 2.47. The molecule has 0 saturated carbocycles. The molecule has 2 fully saturated rings. The average molecular weight is 742 g/mol. The second kappa shape index (κ2) is 16.8. The van der Waals surface area contributed by atoms with Gasteiger partial charge in [0.05, 0.1) is 50.6 Å². The smallest absolute Gasteiger partial charge is 0.326 e. The molecule has 0 aromatic heterocycles. The van der Waals surface area contributed by atoms with Crippen LogP contribution < -0.4 is 9.47 Å². The van der Waals surface area contributed by atoms with E-state index in [0.29, 0.717) is 98.6 Å². The lowest BCUT2D eigenvalue weighted by atomic mass is 9.93. The summed E-state index contributed by atoms with van der Waals surface area (Å²) in [7, 11) is 1.50. The zero-order valence-electron chi connectivity index (χ0n) is 27.9. The highest BCUT2D eigenvalue weighted by Crippen LogP contribution is 2.46. The normalized spacial score (nSPS) is 19.3. The second-order valence-corrected chi connectivity index (χ2v) is 12.8. The number of nitriles is 1. The van der Waals surface area contributed by atoms with Crippen LogP contribution in [0.3, 0.4) is 0 Å². The van der Waals surface area contributed by atoms with Gasteiger partial charge in [-0.2, -0.15) is 5.26 Å². The maximum Gasteiger partial charge on any atom is 0.326 e. The Morgan fingerprint density at radius 1 is 0.900 bits per heavy atom. The molecule has 0 radical (unpaired) electrons. The molecule has 0 bridgehead atoms. The van der Waals surface area contributed by atoms with E-state index in [9.17, 15) is 14.9 Å². The quantitative estimate of drug-likeness (QED) is 0.286. The summed E-state index contributed by atoms with van der Waals surface area (Å²) in [5.74, 6) is 1.24. The number of carbonyl (C=O) groups excluding carboxylic acids is 2. The van der Waals surface area contributed by atoms with Gasteiger partial charge in [0.15, 0.2) is 0 Å². The third-order valence-electron chi connectivity index (χ3n) is 9.02. The standard InChI is InChI=1S/C36H38Cl2N6O5.ClH/c1-3-49-31-21-30(47-2)26(22-39)20-29(31)35-40-33(24-4-8-27(37)9-5-24)34(25-6-10-28(38)11-7-25)44(35)36(46)43-14-12-41(13-15-43)23-32(45)42-16-18-48-19-17-42;/h4-11,20-21,33-34H,3,12-19,23H2,1-2H3;1H/t33-,34+;/m0./s1. The van der Waals surface area contributed by atoms with E-state index in [2.05, 4.69) is 11.0 Å². The van der Waals surface area contributed by atoms with Crippen LogP contribution >= 0.6 is 35.6 Å². The first-order chi connectivity index (χ1) is 23.8. The van der Waals surface area contributed by atoms with E-state index < -0.39 is 12.1 Å². The van der Waals surface area contributed by atoms with E-state index >= 15 is 0 Å². The first-order valence-corrected chi connectivity index (χ1v) is 17.1. The van der Waals surface area contributed by atoms with Gasteiger partial charge in [-0.25, -0.2) is 4.79 Å². The Kier molecular flexibility index (Phi) is 12.5. The largest absolute Gasteiger partial charge is 0.495 e. The van der Waals surface area contributed by atoms with E-state index in [1.165, 1.54) is 7.11 Å². The zero-order chi connectivity index (χ0) is 34.5. The van der Waals surface area contributed by atoms with E-state index in [1.807, 2.05) is 36.1 Å². The third-order valence-corrected chi connectivity index (χ3v) is 9.53. The van der Waals surface area contributed by atoms with Crippen molar-refractivity contribution in [2.45, 2.75) is 19.0 Å². The number of ether oxygens (including phenoxy) is 3. The maximum atomic E-state index is 14.9. The van der Waals surface area contributed by atoms with Crippen LogP contribution in [0.1, 0.15) is 41.3 Å². The first kappa shape index (κ1) is 37.2. The van der Waals surface area contributed by atoms with Crippen molar-refractivity contribution in [3.63, 3.8) is 0 Å². The number of amides is 3. The van der Waals surface area contributed by atoms with E-state index in [1.54, 1.807) is 46.2 Å². The lowest BCUT2D eigenvalue weighted by Crippen LogP contribution is -2.56. The monoisotopic (exact) mass is 740 g/mol. The van der Waals surface area contributed by atoms with Crippen molar-refractivity contribution in [1.82, 2.24) is 19.6 Å². The van der Waals surface area contributed by atoms with Gasteiger partial charge in [0.1, 0.15) is 29.4 Å². The zero-order valence-corrected chi connectivity index (χ0v) is 30.2. The molecule has 11 nitrogen and oxygen atoms in total. The topological polar surface area (TPSA) is 111 Å². The molecule has 3 amide bonds. The molecule has 0 spiro atoms. The van der Waals surface area contributed by atoms with Crippen molar-refractivity contribution in [3.8, 4) is 17.6 Å². The molecule has 2 saturated heterocycles. The number of aliphatic imine (C=N–C) groups is 1. The number of piperazine rings is 1. The predicted octanol–water partition coefficient (Wildman–Crippen LogP) is 5.84. The molecule has 3 aromatic carbocycles. The van der Waals surface area contributed by atoms with Crippen LogP contribution in [0.4, 0.5) is 4.79 Å². The summed E-state index contributed by atoms with van der Waals surface area (Å²) in [4.78, 5) is 40.5. The minimum atomic E-state index is -0.566. The number of halogens is 3. The minimum absolute atomic E-state index is 0. The highest BCUT2D eigenvalue weighted by molar-refractivity contribution is 6.30. The van der Waals surface area contributed by atoms with Gasteiger partial charge >= 0.3 is 6.03 Å². The Morgan fingerprint density at radius 3 is 2.10 bits per heavy atom. The predicted molar refractivity (Wildman–Crippen MR) is 194 cm³/mol. The van der Waals surface area contributed by atoms with E-state index in [0.717, 1.165) is 11.1 Å². The number of benzene rings is 3. The van der Waals surface area contributed by atoms with Gasteiger partial charge in [0.2, 0.25) is 5.91 Å². The van der Waals surface area contributed by atoms with Crippen LogP contribution in [0.2, 0.25) is 10.0 Å². The van der Waals surface area contributed by atoms with E-state index in [4.69, 9.17) is 42.4 Å². The van der Waals surface area contributed by atoms with Crippen molar-refractivity contribution in [3.05, 3.63) is 93.0 Å². The Labute approximate surface area is 308 Å². The molecular formula is C36H39Cl3N6O5. The van der Waals surface area contributed by atoms with Gasteiger partial charge < -0.3 is 24.0 Å². The van der Waals surface area contributed by atoms with Crippen molar-refractivity contribution in [1.29, 1.82) is 5.26 Å². The van der Waals surface area contributed by atoms with Crippen LogP contribution in [0.15, 0.2) is 65.7 Å². The van der Waals surface area contributed by atoms with Crippen LogP contribution in [0.5, 0.6) is 11.5 Å². The molecule has 0 N–H and O–H groups in total. The Hall–Kier alpha value is -4.05. The molecule has 3 aliphatic heterocycles. The molecule has 6 rings (SSSR count). The first-order valence-electron chi connectivity index (χ1n) is 16.3. The van der Waals surface area contributed by atoms with Crippen LogP contribution in [0.25, 0.3) is 0 Å². The highest BCUT2D eigenvalue weighted by Gasteiger charge is 2.45. The number of hydrogen-bond acceptors (Lipinski definition) is 8. The fraction of sp³-hybridized carbons (Fsp3) is 0.389. The SMILES string of the molecule is CCOc1cc(OC)c(C#N)cc1C1=N[C@@H](c2ccc(Cl)cc2)[C@@H](c2ccc(Cl)cc2)N1C(=O)N1CCN(CC(=O)N2CCOCC2)CC1.Cl. The second-order valence-electron chi connectivity index (χ2n) is 11.9. The van der Waals surface area contributed by atoms with Crippen LogP contribution in [-0.2, 0) is 9.53 Å². The number of morpholine rings is 1. The van der Waals surface area contributed by atoms with Gasteiger partial charge in [-0.1, -0.05) is 47.5 Å². The van der Waals surface area contributed by atoms with Crippen molar-refractivity contribution in [2.24, 2.45) is 4.99 Å². The lowest BCUT2D eigenvalue weighted by molar-refractivity contribution is -0.136. The molecule has 0 unspecified atom stereocenters. The molecular weight excluding hydrogens is 703 g/mol. The highest BCUT2D eigenvalue weighted by atomic mass is 35.5. The molecule has 3 aliphatic rings. The summed E-state index contributed by atoms with van der Waals surface area (Å²) >= 11 is 12.6. The van der Waals surface area contributed by atoms with E-state index in [-0.39, 0.29) is 29.9 Å². The van der Waals surface area contributed by atoms with Crippen molar-refractivity contribution < 1.29 is 23.8 Å². The molecule has 3 heterocycles. The summed E-state index contributed by atoms with van der Waals surface area (Å²) in [5, 5.41) is 11.2. The number of urea groups is 1.